The average molecular weight is 200 g/mol. The Bertz CT molecular complexity index is 193. The molecule has 1 fully saturated rings. The van der Waals surface area contributed by atoms with Gasteiger partial charge in [-0.05, 0) is 26.7 Å². The molecule has 1 rings (SSSR count). The summed E-state index contributed by atoms with van der Waals surface area (Å²) in [5, 5.41) is 2.83. The number of alkyl carbamates (subject to hydrolysis) is 1. The Morgan fingerprint density at radius 2 is 2.07 bits per heavy atom. The molecule has 0 spiro atoms. The van der Waals surface area contributed by atoms with Gasteiger partial charge in [0.05, 0.1) is 0 Å². The van der Waals surface area contributed by atoms with E-state index < -0.39 is 5.54 Å². The topological polar surface area (TPSA) is 64.3 Å². The lowest BCUT2D eigenvalue weighted by Gasteiger charge is -2.19. The molecule has 0 aromatic heterocycles. The lowest BCUT2D eigenvalue weighted by molar-refractivity contribution is 0.121. The number of carbonyl (C=O) groups is 1. The summed E-state index contributed by atoms with van der Waals surface area (Å²) in [5.74, 6) is 0. The van der Waals surface area contributed by atoms with Gasteiger partial charge in [0.2, 0.25) is 0 Å². The smallest absolute Gasteiger partial charge is 0.407 e. The second kappa shape index (κ2) is 4.64. The van der Waals surface area contributed by atoms with Crippen LogP contribution >= 0.6 is 0 Å². The van der Waals surface area contributed by atoms with Gasteiger partial charge in [0.25, 0.3) is 0 Å². The van der Waals surface area contributed by atoms with E-state index >= 15 is 0 Å². The van der Waals surface area contributed by atoms with Crippen molar-refractivity contribution < 1.29 is 9.53 Å². The van der Waals surface area contributed by atoms with Crippen LogP contribution in [0.5, 0.6) is 0 Å². The standard InChI is InChI=1S/C10H20N2O2/c1-10(2,11)7-14-9(13)12-8-5-3-4-6-8/h8H,3-7,11H2,1-2H3,(H,12,13). The zero-order valence-electron chi connectivity index (χ0n) is 9.01. The molecule has 4 heteroatoms. The fraction of sp³-hybridized carbons (Fsp3) is 0.900. The van der Waals surface area contributed by atoms with Gasteiger partial charge in [0.1, 0.15) is 6.61 Å². The van der Waals surface area contributed by atoms with Crippen molar-refractivity contribution in [2.45, 2.75) is 51.1 Å². The molecule has 0 saturated heterocycles. The minimum absolute atomic E-state index is 0.256. The molecule has 3 N–H and O–H groups in total. The highest BCUT2D eigenvalue weighted by Gasteiger charge is 2.19. The second-order valence-electron chi connectivity index (χ2n) is 4.69. The van der Waals surface area contributed by atoms with Crippen LogP contribution in [0.2, 0.25) is 0 Å². The van der Waals surface area contributed by atoms with Crippen LogP contribution in [0.4, 0.5) is 4.79 Å². The van der Waals surface area contributed by atoms with Crippen molar-refractivity contribution in [1.82, 2.24) is 5.32 Å². The molecule has 14 heavy (non-hydrogen) atoms. The fourth-order valence-corrected chi connectivity index (χ4v) is 1.53. The van der Waals surface area contributed by atoms with Gasteiger partial charge in [-0.15, -0.1) is 0 Å². The number of nitrogens with one attached hydrogen (secondary N) is 1. The highest BCUT2D eigenvalue weighted by molar-refractivity contribution is 5.67. The van der Waals surface area contributed by atoms with E-state index in [4.69, 9.17) is 10.5 Å². The van der Waals surface area contributed by atoms with Crippen LogP contribution in [0.1, 0.15) is 39.5 Å². The molecule has 1 aliphatic carbocycles. The van der Waals surface area contributed by atoms with Crippen LogP contribution in [0.15, 0.2) is 0 Å². The first-order valence-corrected chi connectivity index (χ1v) is 5.19. The van der Waals surface area contributed by atoms with Crippen molar-refractivity contribution in [3.63, 3.8) is 0 Å². The summed E-state index contributed by atoms with van der Waals surface area (Å²) in [7, 11) is 0. The molecule has 0 radical (unpaired) electrons. The lowest BCUT2D eigenvalue weighted by atomic mass is 10.1. The normalized spacial score (nSPS) is 18.2. The molecule has 0 aliphatic heterocycles. The summed E-state index contributed by atoms with van der Waals surface area (Å²) in [6, 6.07) is 0.309. The molecule has 0 bridgehead atoms. The Morgan fingerprint density at radius 1 is 1.50 bits per heavy atom. The molecule has 1 saturated carbocycles. The van der Waals surface area contributed by atoms with Crippen molar-refractivity contribution >= 4 is 6.09 Å². The summed E-state index contributed by atoms with van der Waals surface area (Å²) in [5.41, 5.74) is 5.24. The largest absolute Gasteiger partial charge is 0.448 e. The van der Waals surface area contributed by atoms with E-state index in [2.05, 4.69) is 5.32 Å². The minimum Gasteiger partial charge on any atom is -0.448 e. The molecule has 4 nitrogen and oxygen atoms in total. The molecule has 0 unspecified atom stereocenters. The second-order valence-corrected chi connectivity index (χ2v) is 4.69. The third kappa shape index (κ3) is 4.46. The maximum absolute atomic E-state index is 11.3. The zero-order valence-corrected chi connectivity index (χ0v) is 9.01. The van der Waals surface area contributed by atoms with Gasteiger partial charge in [-0.2, -0.15) is 0 Å². The van der Waals surface area contributed by atoms with Crippen LogP contribution < -0.4 is 11.1 Å². The van der Waals surface area contributed by atoms with E-state index in [1.54, 1.807) is 0 Å². The van der Waals surface area contributed by atoms with E-state index in [1.165, 1.54) is 12.8 Å². The van der Waals surface area contributed by atoms with Crippen LogP contribution in [-0.2, 0) is 4.74 Å². The van der Waals surface area contributed by atoms with Gasteiger partial charge < -0.3 is 15.8 Å². The third-order valence-corrected chi connectivity index (χ3v) is 2.25. The van der Waals surface area contributed by atoms with Crippen LogP contribution in [-0.4, -0.2) is 24.3 Å². The zero-order chi connectivity index (χ0) is 10.6. The first-order valence-electron chi connectivity index (χ1n) is 5.19. The summed E-state index contributed by atoms with van der Waals surface area (Å²) in [6.07, 6.45) is 4.21. The molecule has 0 aromatic rings. The van der Waals surface area contributed by atoms with Crippen molar-refractivity contribution in [1.29, 1.82) is 0 Å². The number of nitrogens with two attached hydrogens (primary N) is 1. The Kier molecular flexibility index (Phi) is 3.75. The first kappa shape index (κ1) is 11.3. The maximum atomic E-state index is 11.3. The maximum Gasteiger partial charge on any atom is 0.407 e. The lowest BCUT2D eigenvalue weighted by Crippen LogP contribution is -2.41. The Hall–Kier alpha value is -0.770. The monoisotopic (exact) mass is 200 g/mol. The van der Waals surface area contributed by atoms with Crippen LogP contribution in [0.3, 0.4) is 0 Å². The van der Waals surface area contributed by atoms with E-state index in [-0.39, 0.29) is 12.7 Å². The molecule has 0 aromatic carbocycles. The van der Waals surface area contributed by atoms with Crippen LogP contribution in [0.25, 0.3) is 0 Å². The SMILES string of the molecule is CC(C)(N)COC(=O)NC1CCCC1. The third-order valence-electron chi connectivity index (χ3n) is 2.25. The Morgan fingerprint density at radius 3 is 2.57 bits per heavy atom. The Balaban J connectivity index is 2.15. The predicted octanol–water partition coefficient (Wildman–Crippen LogP) is 1.39. The summed E-state index contributed by atoms with van der Waals surface area (Å²) >= 11 is 0. The molecule has 82 valence electrons. The van der Waals surface area contributed by atoms with E-state index in [1.807, 2.05) is 13.8 Å². The van der Waals surface area contributed by atoms with Gasteiger partial charge >= 0.3 is 6.09 Å². The minimum atomic E-state index is -0.451. The summed E-state index contributed by atoms with van der Waals surface area (Å²) in [4.78, 5) is 11.3. The van der Waals surface area contributed by atoms with E-state index in [9.17, 15) is 4.79 Å². The number of hydrogen-bond acceptors (Lipinski definition) is 3. The first-order chi connectivity index (χ1) is 6.47. The van der Waals surface area contributed by atoms with E-state index in [0.717, 1.165) is 12.8 Å². The molecule has 1 amide bonds. The molecule has 1 aliphatic rings. The Labute approximate surface area is 85.2 Å². The van der Waals surface area contributed by atoms with Crippen LogP contribution in [0, 0.1) is 0 Å². The average Bonchev–Trinajstić information content (AvgIpc) is 2.52. The summed E-state index contributed by atoms with van der Waals surface area (Å²) in [6.45, 7) is 3.91. The van der Waals surface area contributed by atoms with Gasteiger partial charge in [0, 0.05) is 11.6 Å². The predicted molar refractivity (Wildman–Crippen MR) is 55.0 cm³/mol. The molecule has 0 heterocycles. The van der Waals surface area contributed by atoms with Crippen molar-refractivity contribution in [2.75, 3.05) is 6.61 Å². The molecule has 0 atom stereocenters. The molecular formula is C10H20N2O2. The number of carbonyl (C=O) groups excluding carboxylic acids is 1. The van der Waals surface area contributed by atoms with Gasteiger partial charge in [-0.25, -0.2) is 4.79 Å². The van der Waals surface area contributed by atoms with Gasteiger partial charge in [0.15, 0.2) is 0 Å². The highest BCUT2D eigenvalue weighted by atomic mass is 16.5. The number of hydrogen-bond donors (Lipinski definition) is 2. The molecular weight excluding hydrogens is 180 g/mol. The number of amides is 1. The number of ether oxygens (including phenoxy) is 1. The van der Waals surface area contributed by atoms with Crippen molar-refractivity contribution in [3.8, 4) is 0 Å². The van der Waals surface area contributed by atoms with Crippen molar-refractivity contribution in [2.24, 2.45) is 5.73 Å². The van der Waals surface area contributed by atoms with Crippen molar-refractivity contribution in [3.05, 3.63) is 0 Å². The highest BCUT2D eigenvalue weighted by Crippen LogP contribution is 2.17. The van der Waals surface area contributed by atoms with Gasteiger partial charge in [-0.3, -0.25) is 0 Å². The number of rotatable bonds is 3. The van der Waals surface area contributed by atoms with Gasteiger partial charge in [-0.1, -0.05) is 12.8 Å². The fourth-order valence-electron chi connectivity index (χ4n) is 1.53. The van der Waals surface area contributed by atoms with E-state index in [0.29, 0.717) is 6.04 Å². The summed E-state index contributed by atoms with van der Waals surface area (Å²) < 4.78 is 4.99. The quantitative estimate of drug-likeness (QED) is 0.723.